The molecule has 1 N–H and O–H groups in total. The topological polar surface area (TPSA) is 46.9 Å². The average molecular weight is 283 g/mol. The number of fused-ring (bicyclic) bond motifs is 1. The van der Waals surface area contributed by atoms with Gasteiger partial charge >= 0.3 is 0 Å². The van der Waals surface area contributed by atoms with Crippen molar-refractivity contribution >= 4 is 22.6 Å². The van der Waals surface area contributed by atoms with E-state index >= 15 is 0 Å². The molecule has 1 amide bonds. The van der Waals surface area contributed by atoms with Crippen LogP contribution in [0.1, 0.15) is 5.56 Å². The fourth-order valence-corrected chi connectivity index (χ4v) is 2.36. The number of pyridine rings is 1. The van der Waals surface area contributed by atoms with E-state index in [9.17, 15) is 9.18 Å². The first-order valence-electron chi connectivity index (χ1n) is 6.58. The van der Waals surface area contributed by atoms with Crippen LogP contribution >= 0.6 is 0 Å². The van der Waals surface area contributed by atoms with E-state index in [-0.39, 0.29) is 18.0 Å². The van der Waals surface area contributed by atoms with Crippen LogP contribution < -0.4 is 5.32 Å². The Balaban J connectivity index is 1.82. The molecule has 3 aromatic rings. The quantitative estimate of drug-likeness (QED) is 0.803. The molecule has 0 unspecified atom stereocenters. The standard InChI is InChI=1S/C16H14FN3O/c1-20-10-11(12-5-4-8-18-16(12)20)9-15(21)19-14-7-3-2-6-13(14)17/h2-8,10H,9H2,1H3,(H,19,21). The summed E-state index contributed by atoms with van der Waals surface area (Å²) in [6, 6.07) is 9.88. The minimum atomic E-state index is -0.439. The minimum absolute atomic E-state index is 0.178. The van der Waals surface area contributed by atoms with Gasteiger partial charge in [-0.2, -0.15) is 0 Å². The molecule has 0 aliphatic carbocycles. The SMILES string of the molecule is Cn1cc(CC(=O)Nc2ccccc2F)c2cccnc21. The van der Waals surface area contributed by atoms with E-state index < -0.39 is 5.82 Å². The summed E-state index contributed by atoms with van der Waals surface area (Å²) in [7, 11) is 1.88. The summed E-state index contributed by atoms with van der Waals surface area (Å²) in [5.41, 5.74) is 1.89. The molecule has 1 aromatic carbocycles. The molecule has 0 fully saturated rings. The van der Waals surface area contributed by atoms with E-state index in [4.69, 9.17) is 0 Å². The lowest BCUT2D eigenvalue weighted by atomic mass is 10.1. The van der Waals surface area contributed by atoms with Gasteiger partial charge in [-0.05, 0) is 29.8 Å². The Bertz CT molecular complexity index is 810. The molecule has 2 heterocycles. The second-order valence-electron chi connectivity index (χ2n) is 4.84. The van der Waals surface area contributed by atoms with Crippen LogP contribution in [0.5, 0.6) is 0 Å². The minimum Gasteiger partial charge on any atom is -0.335 e. The van der Waals surface area contributed by atoms with Crippen molar-refractivity contribution in [3.63, 3.8) is 0 Å². The Kier molecular flexibility index (Phi) is 3.39. The largest absolute Gasteiger partial charge is 0.335 e. The zero-order valence-corrected chi connectivity index (χ0v) is 11.5. The number of aromatic nitrogens is 2. The number of halogens is 1. The van der Waals surface area contributed by atoms with Crippen LogP contribution in [-0.2, 0) is 18.3 Å². The molecule has 4 nitrogen and oxygen atoms in total. The summed E-state index contributed by atoms with van der Waals surface area (Å²) < 4.78 is 15.4. The summed E-state index contributed by atoms with van der Waals surface area (Å²) >= 11 is 0. The van der Waals surface area contributed by atoms with Gasteiger partial charge in [-0.3, -0.25) is 4.79 Å². The van der Waals surface area contributed by atoms with Gasteiger partial charge in [-0.15, -0.1) is 0 Å². The molecule has 21 heavy (non-hydrogen) atoms. The molecule has 0 atom stereocenters. The Morgan fingerprint density at radius 1 is 1.29 bits per heavy atom. The Morgan fingerprint density at radius 3 is 2.90 bits per heavy atom. The zero-order valence-electron chi connectivity index (χ0n) is 11.5. The van der Waals surface area contributed by atoms with Gasteiger partial charge in [0.25, 0.3) is 0 Å². The lowest BCUT2D eigenvalue weighted by molar-refractivity contribution is -0.115. The highest BCUT2D eigenvalue weighted by Gasteiger charge is 2.12. The van der Waals surface area contributed by atoms with Crippen molar-refractivity contribution in [3.8, 4) is 0 Å². The monoisotopic (exact) mass is 283 g/mol. The Hall–Kier alpha value is -2.69. The number of aryl methyl sites for hydroxylation is 1. The van der Waals surface area contributed by atoms with E-state index in [0.29, 0.717) is 0 Å². The number of rotatable bonds is 3. The average Bonchev–Trinajstić information content (AvgIpc) is 2.79. The lowest BCUT2D eigenvalue weighted by Gasteiger charge is -2.05. The maximum Gasteiger partial charge on any atom is 0.228 e. The molecule has 106 valence electrons. The van der Waals surface area contributed by atoms with Crippen LogP contribution in [0, 0.1) is 5.82 Å². The summed E-state index contributed by atoms with van der Waals surface area (Å²) in [5, 5.41) is 3.52. The highest BCUT2D eigenvalue weighted by molar-refractivity contribution is 5.95. The van der Waals surface area contributed by atoms with Crippen LogP contribution in [0.4, 0.5) is 10.1 Å². The number of anilines is 1. The van der Waals surface area contributed by atoms with Crippen LogP contribution in [0.2, 0.25) is 0 Å². The maximum absolute atomic E-state index is 13.5. The number of para-hydroxylation sites is 1. The van der Waals surface area contributed by atoms with Crippen molar-refractivity contribution in [1.82, 2.24) is 9.55 Å². The van der Waals surface area contributed by atoms with Gasteiger partial charge in [0.2, 0.25) is 5.91 Å². The van der Waals surface area contributed by atoms with E-state index in [2.05, 4.69) is 10.3 Å². The van der Waals surface area contributed by atoms with Crippen molar-refractivity contribution in [3.05, 3.63) is 60.2 Å². The number of benzene rings is 1. The molecule has 3 rings (SSSR count). The first-order valence-corrected chi connectivity index (χ1v) is 6.58. The third kappa shape index (κ3) is 2.63. The molecule has 0 bridgehead atoms. The molecule has 0 saturated carbocycles. The predicted octanol–water partition coefficient (Wildman–Crippen LogP) is 2.89. The van der Waals surface area contributed by atoms with Crippen LogP contribution in [0.3, 0.4) is 0 Å². The smallest absolute Gasteiger partial charge is 0.228 e. The van der Waals surface area contributed by atoms with E-state index in [0.717, 1.165) is 16.6 Å². The van der Waals surface area contributed by atoms with Gasteiger partial charge < -0.3 is 9.88 Å². The molecule has 0 aliphatic rings. The van der Waals surface area contributed by atoms with Gasteiger partial charge in [-0.25, -0.2) is 9.37 Å². The summed E-state index contributed by atoms with van der Waals surface area (Å²) in [6.45, 7) is 0. The van der Waals surface area contributed by atoms with Gasteiger partial charge in [0.15, 0.2) is 0 Å². The summed E-state index contributed by atoms with van der Waals surface area (Å²) in [6.07, 6.45) is 3.77. The van der Waals surface area contributed by atoms with Crippen molar-refractivity contribution in [1.29, 1.82) is 0 Å². The fourth-order valence-electron chi connectivity index (χ4n) is 2.36. The predicted molar refractivity (Wildman–Crippen MR) is 79.4 cm³/mol. The lowest BCUT2D eigenvalue weighted by Crippen LogP contribution is -2.15. The molecule has 2 aromatic heterocycles. The first-order chi connectivity index (χ1) is 10.1. The number of carbonyl (C=O) groups is 1. The number of amides is 1. The molecular weight excluding hydrogens is 269 g/mol. The van der Waals surface area contributed by atoms with Crippen molar-refractivity contribution in [2.45, 2.75) is 6.42 Å². The molecule has 0 radical (unpaired) electrons. The van der Waals surface area contributed by atoms with Crippen LogP contribution in [-0.4, -0.2) is 15.5 Å². The fraction of sp³-hybridized carbons (Fsp3) is 0.125. The van der Waals surface area contributed by atoms with Crippen LogP contribution in [0.25, 0.3) is 11.0 Å². The second kappa shape index (κ2) is 5.36. The van der Waals surface area contributed by atoms with Crippen molar-refractivity contribution in [2.75, 3.05) is 5.32 Å². The molecule has 0 aliphatic heterocycles. The van der Waals surface area contributed by atoms with Gasteiger partial charge in [0, 0.05) is 24.8 Å². The Morgan fingerprint density at radius 2 is 2.10 bits per heavy atom. The highest BCUT2D eigenvalue weighted by Crippen LogP contribution is 2.19. The van der Waals surface area contributed by atoms with E-state index in [1.807, 2.05) is 29.9 Å². The van der Waals surface area contributed by atoms with Gasteiger partial charge in [0.05, 0.1) is 12.1 Å². The summed E-state index contributed by atoms with van der Waals surface area (Å²) in [5.74, 6) is -0.693. The number of carbonyl (C=O) groups excluding carboxylic acids is 1. The van der Waals surface area contributed by atoms with Crippen LogP contribution in [0.15, 0.2) is 48.8 Å². The number of nitrogens with one attached hydrogen (secondary N) is 1. The van der Waals surface area contributed by atoms with E-state index in [1.165, 1.54) is 12.1 Å². The third-order valence-corrected chi connectivity index (χ3v) is 3.32. The molecular formula is C16H14FN3O. The van der Waals surface area contributed by atoms with Crippen molar-refractivity contribution in [2.24, 2.45) is 7.05 Å². The van der Waals surface area contributed by atoms with Gasteiger partial charge in [-0.1, -0.05) is 12.1 Å². The number of hydrogen-bond acceptors (Lipinski definition) is 2. The normalized spacial score (nSPS) is 10.8. The van der Waals surface area contributed by atoms with Gasteiger partial charge in [0.1, 0.15) is 11.5 Å². The first kappa shape index (κ1) is 13.3. The number of nitrogens with zero attached hydrogens (tertiary/aromatic N) is 2. The molecule has 5 heteroatoms. The number of hydrogen-bond donors (Lipinski definition) is 1. The van der Waals surface area contributed by atoms with E-state index in [1.54, 1.807) is 18.3 Å². The highest BCUT2D eigenvalue weighted by atomic mass is 19.1. The second-order valence-corrected chi connectivity index (χ2v) is 4.84. The Labute approximate surface area is 121 Å². The zero-order chi connectivity index (χ0) is 14.8. The summed E-state index contributed by atoms with van der Waals surface area (Å²) in [4.78, 5) is 16.4. The third-order valence-electron chi connectivity index (χ3n) is 3.32. The molecule has 0 saturated heterocycles. The maximum atomic E-state index is 13.5. The van der Waals surface area contributed by atoms with Crippen molar-refractivity contribution < 1.29 is 9.18 Å². The molecule has 0 spiro atoms.